The molecule has 3 atom stereocenters. The summed E-state index contributed by atoms with van der Waals surface area (Å²) in [5.74, 6) is 0.944. The topological polar surface area (TPSA) is 46.2 Å². The molecule has 1 aromatic carbocycles. The molecule has 0 amide bonds. The molecule has 1 N–H and O–H groups in total. The van der Waals surface area contributed by atoms with Crippen LogP contribution in [0.5, 0.6) is 0 Å². The van der Waals surface area contributed by atoms with Crippen molar-refractivity contribution in [2.45, 2.75) is 57.9 Å². The molecule has 0 bridgehead atoms. The number of carbonyl (C=O) groups excluding carboxylic acids is 2. The molecular weight excluding hydrogens is 310 g/mol. The predicted octanol–water partition coefficient (Wildman–Crippen LogP) is 4.23. The highest BCUT2D eigenvalue weighted by Gasteiger charge is 2.51. The fourth-order valence-corrected chi connectivity index (χ4v) is 5.75. The number of carbonyl (C=O) groups is 2. The first-order valence-electron chi connectivity index (χ1n) is 9.74. The van der Waals surface area contributed by atoms with Crippen molar-refractivity contribution in [3.05, 3.63) is 40.5 Å². The number of fused-ring (bicyclic) bond motifs is 4. The van der Waals surface area contributed by atoms with Crippen molar-refractivity contribution in [1.82, 2.24) is 5.32 Å². The number of hydrogen-bond acceptors (Lipinski definition) is 3. The van der Waals surface area contributed by atoms with Crippen molar-refractivity contribution in [1.29, 1.82) is 0 Å². The van der Waals surface area contributed by atoms with Crippen LogP contribution in [0.4, 0.5) is 0 Å². The summed E-state index contributed by atoms with van der Waals surface area (Å²) < 4.78 is 0. The molecule has 130 valence electrons. The zero-order valence-corrected chi connectivity index (χ0v) is 14.9. The molecule has 4 aliphatic rings. The van der Waals surface area contributed by atoms with Gasteiger partial charge in [0.2, 0.25) is 0 Å². The number of ketones is 2. The van der Waals surface area contributed by atoms with E-state index in [4.69, 9.17) is 0 Å². The van der Waals surface area contributed by atoms with Gasteiger partial charge in [0, 0.05) is 29.9 Å². The zero-order chi connectivity index (χ0) is 17.2. The van der Waals surface area contributed by atoms with Gasteiger partial charge in [-0.2, -0.15) is 0 Å². The Morgan fingerprint density at radius 2 is 2.00 bits per heavy atom. The first kappa shape index (κ1) is 15.5. The highest BCUT2D eigenvalue weighted by atomic mass is 16.1. The Bertz CT molecular complexity index is 815. The van der Waals surface area contributed by atoms with Gasteiger partial charge in [0.05, 0.1) is 0 Å². The van der Waals surface area contributed by atoms with Gasteiger partial charge in [-0.15, -0.1) is 0 Å². The summed E-state index contributed by atoms with van der Waals surface area (Å²) in [6, 6.07) is 6.92. The van der Waals surface area contributed by atoms with Gasteiger partial charge in [-0.3, -0.25) is 9.59 Å². The van der Waals surface area contributed by atoms with Crippen molar-refractivity contribution >= 4 is 17.1 Å². The second kappa shape index (κ2) is 5.38. The highest BCUT2D eigenvalue weighted by Crippen LogP contribution is 2.56. The summed E-state index contributed by atoms with van der Waals surface area (Å²) in [6.45, 7) is 3.20. The van der Waals surface area contributed by atoms with Gasteiger partial charge in [0.1, 0.15) is 5.78 Å². The molecule has 1 unspecified atom stereocenters. The Kier molecular flexibility index (Phi) is 3.34. The van der Waals surface area contributed by atoms with Gasteiger partial charge >= 0.3 is 0 Å². The summed E-state index contributed by atoms with van der Waals surface area (Å²) in [5.41, 5.74) is 5.75. The number of nitrogens with one attached hydrogen (secondary N) is 1. The van der Waals surface area contributed by atoms with E-state index >= 15 is 0 Å². The van der Waals surface area contributed by atoms with Crippen LogP contribution in [0.3, 0.4) is 0 Å². The Morgan fingerprint density at radius 1 is 1.12 bits per heavy atom. The lowest BCUT2D eigenvalue weighted by molar-refractivity contribution is -0.126. The van der Waals surface area contributed by atoms with Crippen LogP contribution >= 0.6 is 0 Å². The van der Waals surface area contributed by atoms with Crippen molar-refractivity contribution in [3.63, 3.8) is 0 Å². The van der Waals surface area contributed by atoms with Crippen molar-refractivity contribution < 1.29 is 9.59 Å². The van der Waals surface area contributed by atoms with Gasteiger partial charge < -0.3 is 5.32 Å². The molecule has 0 spiro atoms. The molecular formula is C22H25NO2. The minimum atomic E-state index is -0.218. The molecule has 0 aromatic heterocycles. The fraction of sp³-hybridized carbons (Fsp3) is 0.545. The Hall–Kier alpha value is -1.74. The van der Waals surface area contributed by atoms with E-state index in [1.165, 1.54) is 23.1 Å². The van der Waals surface area contributed by atoms with Crippen LogP contribution in [0.15, 0.2) is 23.8 Å². The van der Waals surface area contributed by atoms with Crippen LogP contribution < -0.4 is 5.32 Å². The van der Waals surface area contributed by atoms with Crippen molar-refractivity contribution in [2.75, 3.05) is 6.54 Å². The summed E-state index contributed by atoms with van der Waals surface area (Å²) >= 11 is 0. The van der Waals surface area contributed by atoms with Crippen LogP contribution in [0.25, 0.3) is 5.57 Å². The lowest BCUT2D eigenvalue weighted by atomic mass is 9.62. The highest BCUT2D eigenvalue weighted by molar-refractivity contribution is 6.07. The quantitative estimate of drug-likeness (QED) is 0.835. The number of rotatable bonds is 1. The van der Waals surface area contributed by atoms with Gasteiger partial charge in [-0.1, -0.05) is 24.6 Å². The smallest absolute Gasteiger partial charge is 0.167 e. The van der Waals surface area contributed by atoms with Crippen LogP contribution in [-0.2, 0) is 4.79 Å². The van der Waals surface area contributed by atoms with Crippen LogP contribution in [-0.4, -0.2) is 18.1 Å². The standard InChI is InChI=1S/C22H25NO2/c1-22-9-8-15-14-5-4-13(19-3-2-10-23-19)11-17(14)20(24)12-16(15)18(22)6-7-21(22)25/h4-5,11,18-19,23H,2-3,6-10,12H2,1H3/t18-,19?,22-/m0/s1. The summed E-state index contributed by atoms with van der Waals surface area (Å²) in [7, 11) is 0. The first-order valence-corrected chi connectivity index (χ1v) is 9.74. The molecule has 0 radical (unpaired) electrons. The van der Waals surface area contributed by atoms with E-state index in [0.717, 1.165) is 43.4 Å². The lowest BCUT2D eigenvalue weighted by Gasteiger charge is -2.40. The Morgan fingerprint density at radius 3 is 2.80 bits per heavy atom. The molecule has 5 rings (SSSR count). The summed E-state index contributed by atoms with van der Waals surface area (Å²) in [4.78, 5) is 25.4. The molecule has 3 nitrogen and oxygen atoms in total. The second-order valence-electron chi connectivity index (χ2n) is 8.49. The Labute approximate surface area is 148 Å². The van der Waals surface area contributed by atoms with Crippen molar-refractivity contribution in [2.24, 2.45) is 11.3 Å². The van der Waals surface area contributed by atoms with Gasteiger partial charge in [-0.05, 0) is 67.3 Å². The van der Waals surface area contributed by atoms with Gasteiger partial charge in [0.15, 0.2) is 5.78 Å². The van der Waals surface area contributed by atoms with Crippen LogP contribution in [0.2, 0.25) is 0 Å². The lowest BCUT2D eigenvalue weighted by Crippen LogP contribution is -2.35. The first-order chi connectivity index (χ1) is 12.1. The van der Waals surface area contributed by atoms with Gasteiger partial charge in [-0.25, -0.2) is 0 Å². The zero-order valence-electron chi connectivity index (χ0n) is 14.9. The largest absolute Gasteiger partial charge is 0.310 e. The third kappa shape index (κ3) is 2.15. The van der Waals surface area contributed by atoms with Crippen LogP contribution in [0.1, 0.15) is 79.4 Å². The molecule has 2 fully saturated rings. The van der Waals surface area contributed by atoms with E-state index in [-0.39, 0.29) is 17.1 Å². The minimum absolute atomic E-state index is 0.218. The predicted molar refractivity (Wildman–Crippen MR) is 97.4 cm³/mol. The third-order valence-corrected chi connectivity index (χ3v) is 7.25. The average Bonchev–Trinajstić information content (AvgIpc) is 3.24. The van der Waals surface area contributed by atoms with Crippen molar-refractivity contribution in [3.8, 4) is 0 Å². The molecule has 25 heavy (non-hydrogen) atoms. The third-order valence-electron chi connectivity index (χ3n) is 7.25. The number of hydrogen-bond donors (Lipinski definition) is 1. The van der Waals surface area contributed by atoms with E-state index in [1.54, 1.807) is 0 Å². The molecule has 1 saturated carbocycles. The van der Waals surface area contributed by atoms with E-state index in [1.807, 2.05) is 0 Å². The number of Topliss-reactive ketones (excluding diaryl/α,β-unsaturated/α-hetero) is 2. The average molecular weight is 335 g/mol. The molecule has 3 aliphatic carbocycles. The maximum absolute atomic E-state index is 12.9. The molecule has 3 heteroatoms. The number of benzene rings is 1. The fourth-order valence-electron chi connectivity index (χ4n) is 5.75. The van der Waals surface area contributed by atoms with E-state index in [9.17, 15) is 9.59 Å². The van der Waals surface area contributed by atoms with Gasteiger partial charge in [0.25, 0.3) is 0 Å². The second-order valence-corrected chi connectivity index (χ2v) is 8.49. The van der Waals surface area contributed by atoms with E-state index in [0.29, 0.717) is 24.7 Å². The normalized spacial score (nSPS) is 34.1. The maximum atomic E-state index is 12.9. The Balaban J connectivity index is 1.59. The van der Waals surface area contributed by atoms with E-state index < -0.39 is 0 Å². The summed E-state index contributed by atoms with van der Waals surface area (Å²) in [5, 5.41) is 3.53. The number of allylic oxidation sites excluding steroid dienone is 2. The molecule has 1 aliphatic heterocycles. The molecule has 1 aromatic rings. The molecule has 1 heterocycles. The minimum Gasteiger partial charge on any atom is -0.310 e. The maximum Gasteiger partial charge on any atom is 0.167 e. The molecule has 1 saturated heterocycles. The SMILES string of the molecule is C[C@]12CCC3=C(CC(=O)c4cc(C5CCCN5)ccc43)[C@@H]1CCC2=O. The van der Waals surface area contributed by atoms with E-state index in [2.05, 4.69) is 30.4 Å². The summed E-state index contributed by atoms with van der Waals surface area (Å²) in [6.07, 6.45) is 6.39. The van der Waals surface area contributed by atoms with Crippen LogP contribution in [0, 0.1) is 11.3 Å². The monoisotopic (exact) mass is 335 g/mol.